The van der Waals surface area contributed by atoms with Gasteiger partial charge in [0.05, 0.1) is 6.20 Å². The Morgan fingerprint density at radius 2 is 1.60 bits per heavy atom. The maximum Gasteiger partial charge on any atom is 0.0692 e. The summed E-state index contributed by atoms with van der Waals surface area (Å²) in [7, 11) is 0. The molecule has 0 saturated heterocycles. The average Bonchev–Trinajstić information content (AvgIpc) is 2.75. The number of unbranched alkanes of at least 4 members (excludes halogenated alkanes) is 7. The molecule has 0 amide bonds. The first-order chi connectivity index (χ1) is 7.43. The van der Waals surface area contributed by atoms with Crippen molar-refractivity contribution in [3.05, 3.63) is 12.4 Å². The van der Waals surface area contributed by atoms with E-state index in [1.54, 1.807) is 6.20 Å². The molecule has 0 saturated carbocycles. The quantitative estimate of drug-likeness (QED) is 0.583. The van der Waals surface area contributed by atoms with E-state index in [9.17, 15) is 0 Å². The lowest BCUT2D eigenvalue weighted by atomic mass is 10.1. The minimum Gasteiger partial charge on any atom is -0.253 e. The Balaban J connectivity index is 1.81. The van der Waals surface area contributed by atoms with Crippen molar-refractivity contribution in [2.75, 3.05) is 0 Å². The molecular weight excluding hydrogens is 186 g/mol. The fraction of sp³-hybridized carbons (Fsp3) is 0.833. The lowest BCUT2D eigenvalue weighted by molar-refractivity contribution is 0.511. The van der Waals surface area contributed by atoms with Crippen LogP contribution in [0.2, 0.25) is 0 Å². The van der Waals surface area contributed by atoms with Crippen LogP contribution in [0.4, 0.5) is 0 Å². The van der Waals surface area contributed by atoms with Crippen LogP contribution in [-0.2, 0) is 6.54 Å². The third kappa shape index (κ3) is 6.26. The molecule has 0 unspecified atom stereocenters. The van der Waals surface area contributed by atoms with Crippen LogP contribution in [0.5, 0.6) is 0 Å². The lowest BCUT2D eigenvalue weighted by Gasteiger charge is -2.01. The van der Waals surface area contributed by atoms with Gasteiger partial charge in [-0.2, -0.15) is 0 Å². The highest BCUT2D eigenvalue weighted by Gasteiger charge is 1.93. The first-order valence-electron chi connectivity index (χ1n) is 6.27. The summed E-state index contributed by atoms with van der Waals surface area (Å²) in [6.45, 7) is 3.28. The smallest absolute Gasteiger partial charge is 0.0692 e. The molecule has 3 heteroatoms. The molecule has 0 atom stereocenters. The fourth-order valence-corrected chi connectivity index (χ4v) is 1.76. The molecule has 1 aromatic heterocycles. The monoisotopic (exact) mass is 209 g/mol. The summed E-state index contributed by atoms with van der Waals surface area (Å²) in [6, 6.07) is 0. The highest BCUT2D eigenvalue weighted by Crippen LogP contribution is 2.08. The first-order valence-corrected chi connectivity index (χ1v) is 6.27. The number of rotatable bonds is 9. The topological polar surface area (TPSA) is 30.7 Å². The van der Waals surface area contributed by atoms with E-state index in [1.165, 1.54) is 51.4 Å². The Hall–Kier alpha value is -0.860. The van der Waals surface area contributed by atoms with Gasteiger partial charge in [-0.15, -0.1) is 5.10 Å². The third-order valence-corrected chi connectivity index (χ3v) is 2.71. The SMILES string of the molecule is CCCCCCCCCCn1ccnn1. The number of hydrogen-bond acceptors (Lipinski definition) is 2. The summed E-state index contributed by atoms with van der Waals surface area (Å²) in [5.74, 6) is 0. The van der Waals surface area contributed by atoms with Crippen molar-refractivity contribution in [1.82, 2.24) is 15.0 Å². The van der Waals surface area contributed by atoms with Crippen LogP contribution in [0.15, 0.2) is 12.4 Å². The molecule has 3 nitrogen and oxygen atoms in total. The van der Waals surface area contributed by atoms with Crippen molar-refractivity contribution in [2.45, 2.75) is 64.8 Å². The van der Waals surface area contributed by atoms with Crippen LogP contribution in [0, 0.1) is 0 Å². The summed E-state index contributed by atoms with van der Waals surface area (Å²) in [5, 5.41) is 7.73. The molecule has 0 fully saturated rings. The van der Waals surface area contributed by atoms with Crippen LogP contribution in [0.25, 0.3) is 0 Å². The van der Waals surface area contributed by atoms with Crippen molar-refractivity contribution in [1.29, 1.82) is 0 Å². The fourth-order valence-electron chi connectivity index (χ4n) is 1.76. The van der Waals surface area contributed by atoms with Gasteiger partial charge in [-0.1, -0.05) is 57.1 Å². The van der Waals surface area contributed by atoms with Crippen LogP contribution >= 0.6 is 0 Å². The lowest BCUT2D eigenvalue weighted by Crippen LogP contribution is -1.98. The van der Waals surface area contributed by atoms with Crippen LogP contribution < -0.4 is 0 Å². The highest BCUT2D eigenvalue weighted by atomic mass is 15.4. The second kappa shape index (κ2) is 8.45. The molecule has 1 heterocycles. The number of aryl methyl sites for hydroxylation is 1. The third-order valence-electron chi connectivity index (χ3n) is 2.71. The van der Waals surface area contributed by atoms with Crippen molar-refractivity contribution in [3.63, 3.8) is 0 Å². The van der Waals surface area contributed by atoms with Crippen molar-refractivity contribution in [3.8, 4) is 0 Å². The van der Waals surface area contributed by atoms with E-state index in [1.807, 2.05) is 10.9 Å². The standard InChI is InChI=1S/C12H23N3/c1-2-3-4-5-6-7-8-9-11-15-12-10-13-14-15/h10,12H,2-9,11H2,1H3. The maximum atomic E-state index is 3.94. The van der Waals surface area contributed by atoms with Crippen LogP contribution in [0.1, 0.15) is 58.3 Å². The van der Waals surface area contributed by atoms with Gasteiger partial charge in [-0.25, -0.2) is 0 Å². The number of hydrogen-bond donors (Lipinski definition) is 0. The summed E-state index contributed by atoms with van der Waals surface area (Å²) in [6.07, 6.45) is 14.6. The number of nitrogens with zero attached hydrogens (tertiary/aromatic N) is 3. The molecule has 0 spiro atoms. The second-order valence-corrected chi connectivity index (χ2v) is 4.14. The summed E-state index contributed by atoms with van der Waals surface area (Å²) < 4.78 is 1.91. The molecule has 0 aromatic carbocycles. The van der Waals surface area contributed by atoms with Gasteiger partial charge in [0.1, 0.15) is 0 Å². The van der Waals surface area contributed by atoms with Gasteiger partial charge >= 0.3 is 0 Å². The minimum absolute atomic E-state index is 1.02. The molecule has 15 heavy (non-hydrogen) atoms. The van der Waals surface area contributed by atoms with Crippen molar-refractivity contribution >= 4 is 0 Å². The highest BCUT2D eigenvalue weighted by molar-refractivity contribution is 4.63. The zero-order chi connectivity index (χ0) is 10.8. The molecule has 0 aliphatic heterocycles. The zero-order valence-corrected chi connectivity index (χ0v) is 9.86. The molecule has 86 valence electrons. The van der Waals surface area contributed by atoms with E-state index >= 15 is 0 Å². The van der Waals surface area contributed by atoms with Gasteiger partial charge in [0, 0.05) is 12.7 Å². The Morgan fingerprint density at radius 3 is 2.20 bits per heavy atom. The Labute approximate surface area is 92.9 Å². The van der Waals surface area contributed by atoms with Crippen LogP contribution in [-0.4, -0.2) is 15.0 Å². The molecular formula is C12H23N3. The molecule has 1 rings (SSSR count). The van der Waals surface area contributed by atoms with E-state index in [-0.39, 0.29) is 0 Å². The van der Waals surface area contributed by atoms with E-state index in [0.29, 0.717) is 0 Å². The van der Waals surface area contributed by atoms with E-state index in [4.69, 9.17) is 0 Å². The summed E-state index contributed by atoms with van der Waals surface area (Å²) >= 11 is 0. The van der Waals surface area contributed by atoms with Gasteiger partial charge in [0.2, 0.25) is 0 Å². The van der Waals surface area contributed by atoms with E-state index in [2.05, 4.69) is 17.2 Å². The Bertz CT molecular complexity index is 219. The summed E-state index contributed by atoms with van der Waals surface area (Å²) in [4.78, 5) is 0. The van der Waals surface area contributed by atoms with Gasteiger partial charge in [-0.05, 0) is 6.42 Å². The Morgan fingerprint density at radius 1 is 0.933 bits per heavy atom. The minimum atomic E-state index is 1.02. The molecule has 0 bridgehead atoms. The normalized spacial score (nSPS) is 10.7. The van der Waals surface area contributed by atoms with Gasteiger partial charge in [-0.3, -0.25) is 4.68 Å². The van der Waals surface area contributed by atoms with Crippen molar-refractivity contribution < 1.29 is 0 Å². The molecule has 0 aliphatic rings. The zero-order valence-electron chi connectivity index (χ0n) is 9.86. The van der Waals surface area contributed by atoms with Crippen molar-refractivity contribution in [2.24, 2.45) is 0 Å². The van der Waals surface area contributed by atoms with Crippen LogP contribution in [0.3, 0.4) is 0 Å². The molecule has 1 aromatic rings. The predicted octanol–water partition coefficient (Wildman–Crippen LogP) is 3.42. The van der Waals surface area contributed by atoms with Gasteiger partial charge in [0.25, 0.3) is 0 Å². The summed E-state index contributed by atoms with van der Waals surface area (Å²) in [5.41, 5.74) is 0. The average molecular weight is 209 g/mol. The molecule has 0 aliphatic carbocycles. The largest absolute Gasteiger partial charge is 0.253 e. The van der Waals surface area contributed by atoms with E-state index < -0.39 is 0 Å². The maximum absolute atomic E-state index is 3.94. The predicted molar refractivity (Wildman–Crippen MR) is 62.6 cm³/mol. The molecule has 0 N–H and O–H groups in total. The van der Waals surface area contributed by atoms with E-state index in [0.717, 1.165) is 6.54 Å². The van der Waals surface area contributed by atoms with Gasteiger partial charge < -0.3 is 0 Å². The molecule has 0 radical (unpaired) electrons. The number of aromatic nitrogens is 3. The van der Waals surface area contributed by atoms with Gasteiger partial charge in [0.15, 0.2) is 0 Å². The Kier molecular flexibility index (Phi) is 6.88. The second-order valence-electron chi connectivity index (χ2n) is 4.14. The first kappa shape index (κ1) is 12.2.